The second-order valence-corrected chi connectivity index (χ2v) is 7.08. The minimum Gasteiger partial charge on any atom is -0.494 e. The van der Waals surface area contributed by atoms with E-state index in [1.54, 1.807) is 13.2 Å². The molecule has 0 bridgehead atoms. The van der Waals surface area contributed by atoms with Gasteiger partial charge < -0.3 is 20.1 Å². The Hall–Kier alpha value is -1.81. The van der Waals surface area contributed by atoms with Gasteiger partial charge in [0.1, 0.15) is 5.75 Å². The first-order valence-electron chi connectivity index (χ1n) is 9.89. The average Bonchev–Trinajstić information content (AvgIpc) is 3.14. The summed E-state index contributed by atoms with van der Waals surface area (Å²) in [5.41, 5.74) is 2.44. The molecule has 8 heteroatoms. The van der Waals surface area contributed by atoms with Gasteiger partial charge >= 0.3 is 0 Å². The van der Waals surface area contributed by atoms with Crippen molar-refractivity contribution in [3.8, 4) is 5.75 Å². The van der Waals surface area contributed by atoms with Crippen LogP contribution >= 0.6 is 24.0 Å². The fourth-order valence-electron chi connectivity index (χ4n) is 3.62. The van der Waals surface area contributed by atoms with Crippen LogP contribution in [0.3, 0.4) is 0 Å². The van der Waals surface area contributed by atoms with Gasteiger partial charge in [-0.05, 0) is 43.5 Å². The summed E-state index contributed by atoms with van der Waals surface area (Å²) in [6, 6.07) is 10.5. The van der Waals surface area contributed by atoms with E-state index in [2.05, 4.69) is 45.0 Å². The summed E-state index contributed by atoms with van der Waals surface area (Å²) >= 11 is 0. The van der Waals surface area contributed by atoms with Crippen molar-refractivity contribution >= 4 is 29.9 Å². The Balaban J connectivity index is 0.00000300. The first-order valence-corrected chi connectivity index (χ1v) is 9.89. The van der Waals surface area contributed by atoms with Crippen LogP contribution < -0.4 is 15.4 Å². The normalized spacial score (nSPS) is 16.0. The molecule has 7 nitrogen and oxygen atoms in total. The Bertz CT molecular complexity index is 770. The molecule has 1 aliphatic heterocycles. The predicted molar refractivity (Wildman–Crippen MR) is 126 cm³/mol. The van der Waals surface area contributed by atoms with Gasteiger partial charge in [0.05, 0.1) is 18.8 Å². The molecule has 3 rings (SSSR count). The third-order valence-corrected chi connectivity index (χ3v) is 5.40. The number of nitrogens with one attached hydrogen (secondary N) is 2. The van der Waals surface area contributed by atoms with Gasteiger partial charge in [0.15, 0.2) is 5.96 Å². The number of rotatable bonds is 7. The Morgan fingerprint density at radius 2 is 1.93 bits per heavy atom. The first-order chi connectivity index (χ1) is 13.7. The number of hydrogen-bond acceptors (Lipinski definition) is 4. The van der Waals surface area contributed by atoms with Crippen LogP contribution in [0.25, 0.3) is 0 Å². The molecule has 1 fully saturated rings. The Morgan fingerprint density at radius 1 is 1.21 bits per heavy atom. The molecule has 2 aromatic rings. The molecular formula is C21H32IN5O2. The van der Waals surface area contributed by atoms with Gasteiger partial charge in [-0.3, -0.25) is 9.67 Å². The third-order valence-electron chi connectivity index (χ3n) is 5.40. The minimum absolute atomic E-state index is 0. The van der Waals surface area contributed by atoms with E-state index in [-0.39, 0.29) is 29.4 Å². The number of aliphatic imine (C=N–C) groups is 1. The zero-order valence-corrected chi connectivity index (χ0v) is 19.8. The van der Waals surface area contributed by atoms with Crippen molar-refractivity contribution < 1.29 is 9.47 Å². The number of hydrogen-bond donors (Lipinski definition) is 2. The highest BCUT2D eigenvalue weighted by Gasteiger charge is 2.34. The molecule has 29 heavy (non-hydrogen) atoms. The molecule has 1 aromatic heterocycles. The molecule has 0 saturated carbocycles. The number of ether oxygens (including phenoxy) is 2. The first kappa shape index (κ1) is 23.5. The van der Waals surface area contributed by atoms with Crippen molar-refractivity contribution in [3.63, 3.8) is 0 Å². The molecule has 0 spiro atoms. The van der Waals surface area contributed by atoms with Crippen molar-refractivity contribution in [2.24, 2.45) is 12.0 Å². The van der Waals surface area contributed by atoms with Crippen LogP contribution in [0, 0.1) is 0 Å². The minimum atomic E-state index is 0. The quantitative estimate of drug-likeness (QED) is 0.339. The van der Waals surface area contributed by atoms with Crippen LogP contribution in [0.5, 0.6) is 5.75 Å². The second kappa shape index (κ2) is 11.4. The van der Waals surface area contributed by atoms with Gasteiger partial charge in [0.2, 0.25) is 0 Å². The van der Waals surface area contributed by atoms with Gasteiger partial charge in [0, 0.05) is 45.5 Å². The molecule has 2 N–H and O–H groups in total. The standard InChI is InChI=1S/C21H31N5O2.HI/c1-4-28-19-7-5-17(6-8-19)21(10-13-27-14-11-21)16-24-20(22-2)23-15-18-9-12-25-26(18)3;/h5-9,12H,4,10-11,13-16H2,1-3H3,(H2,22,23,24);1H. The fraction of sp³-hybridized carbons (Fsp3) is 0.524. The van der Waals surface area contributed by atoms with Gasteiger partial charge in [-0.25, -0.2) is 0 Å². The van der Waals surface area contributed by atoms with Crippen LogP contribution in [-0.2, 0) is 23.7 Å². The largest absolute Gasteiger partial charge is 0.494 e. The highest BCUT2D eigenvalue weighted by Crippen LogP contribution is 2.35. The van der Waals surface area contributed by atoms with Crippen molar-refractivity contribution in [3.05, 3.63) is 47.8 Å². The molecule has 160 valence electrons. The van der Waals surface area contributed by atoms with Crippen molar-refractivity contribution in [1.29, 1.82) is 0 Å². The molecule has 0 unspecified atom stereocenters. The third kappa shape index (κ3) is 6.08. The van der Waals surface area contributed by atoms with Gasteiger partial charge in [-0.1, -0.05) is 12.1 Å². The lowest BCUT2D eigenvalue weighted by atomic mass is 9.74. The van der Waals surface area contributed by atoms with E-state index < -0.39 is 0 Å². The van der Waals surface area contributed by atoms with Crippen LogP contribution in [0.2, 0.25) is 0 Å². The zero-order valence-electron chi connectivity index (χ0n) is 17.5. The average molecular weight is 513 g/mol. The van der Waals surface area contributed by atoms with Crippen LogP contribution in [-0.4, -0.2) is 49.2 Å². The summed E-state index contributed by atoms with van der Waals surface area (Å²) in [7, 11) is 3.74. The number of aromatic nitrogens is 2. The Labute approximate surface area is 190 Å². The molecule has 2 heterocycles. The maximum Gasteiger partial charge on any atom is 0.191 e. The predicted octanol–water partition coefficient (Wildman–Crippen LogP) is 2.85. The highest BCUT2D eigenvalue weighted by atomic mass is 127. The summed E-state index contributed by atoms with van der Waals surface area (Å²) in [5.74, 6) is 1.70. The monoisotopic (exact) mass is 513 g/mol. The number of guanidine groups is 1. The highest BCUT2D eigenvalue weighted by molar-refractivity contribution is 14.0. The molecule has 0 aliphatic carbocycles. The lowest BCUT2D eigenvalue weighted by Gasteiger charge is -2.38. The summed E-state index contributed by atoms with van der Waals surface area (Å²) in [4.78, 5) is 4.38. The molecule has 1 aromatic carbocycles. The summed E-state index contributed by atoms with van der Waals surface area (Å²) in [6.07, 6.45) is 3.76. The Morgan fingerprint density at radius 3 is 2.52 bits per heavy atom. The van der Waals surface area contributed by atoms with Crippen LogP contribution in [0.4, 0.5) is 0 Å². The van der Waals surface area contributed by atoms with Crippen molar-refractivity contribution in [2.45, 2.75) is 31.7 Å². The zero-order chi connectivity index (χ0) is 19.8. The van der Waals surface area contributed by atoms with E-state index in [1.807, 2.05) is 24.7 Å². The van der Waals surface area contributed by atoms with Crippen molar-refractivity contribution in [1.82, 2.24) is 20.4 Å². The number of benzene rings is 1. The van der Waals surface area contributed by atoms with Crippen LogP contribution in [0.1, 0.15) is 31.0 Å². The smallest absolute Gasteiger partial charge is 0.191 e. The SMILES string of the molecule is CCOc1ccc(C2(CNC(=NC)NCc3ccnn3C)CCOCC2)cc1.I. The summed E-state index contributed by atoms with van der Waals surface area (Å²) < 4.78 is 13.1. The van der Waals surface area contributed by atoms with Crippen LogP contribution in [0.15, 0.2) is 41.5 Å². The van der Waals surface area contributed by atoms with Gasteiger partial charge in [-0.2, -0.15) is 5.10 Å². The van der Waals surface area contributed by atoms with E-state index in [9.17, 15) is 0 Å². The molecule has 1 saturated heterocycles. The molecule has 0 atom stereocenters. The van der Waals surface area contributed by atoms with E-state index in [1.165, 1.54) is 5.56 Å². The number of halogens is 1. The molecule has 0 radical (unpaired) electrons. The molecule has 1 aliphatic rings. The van der Waals surface area contributed by atoms with E-state index in [0.29, 0.717) is 13.2 Å². The van der Waals surface area contributed by atoms with Crippen molar-refractivity contribution in [2.75, 3.05) is 33.4 Å². The summed E-state index contributed by atoms with van der Waals surface area (Å²) in [6.45, 7) is 5.71. The topological polar surface area (TPSA) is 72.7 Å². The maximum absolute atomic E-state index is 5.64. The van der Waals surface area contributed by atoms with Gasteiger partial charge in [0.25, 0.3) is 0 Å². The van der Waals surface area contributed by atoms with Gasteiger partial charge in [-0.15, -0.1) is 24.0 Å². The molecular weight excluding hydrogens is 481 g/mol. The fourth-order valence-corrected chi connectivity index (χ4v) is 3.62. The van der Waals surface area contributed by atoms with E-state index in [0.717, 1.165) is 50.0 Å². The second-order valence-electron chi connectivity index (χ2n) is 7.08. The number of nitrogens with zero attached hydrogens (tertiary/aromatic N) is 3. The number of aryl methyl sites for hydroxylation is 1. The maximum atomic E-state index is 5.64. The van der Waals surface area contributed by atoms with E-state index in [4.69, 9.17) is 9.47 Å². The van der Waals surface area contributed by atoms with E-state index >= 15 is 0 Å². The Kier molecular flexibility index (Phi) is 9.22. The lowest BCUT2D eigenvalue weighted by Crippen LogP contribution is -2.48. The summed E-state index contributed by atoms with van der Waals surface area (Å²) in [5, 5.41) is 11.1. The molecule has 0 amide bonds. The lowest BCUT2D eigenvalue weighted by molar-refractivity contribution is 0.0513.